The maximum Gasteiger partial charge on any atom is 0.224 e. The van der Waals surface area contributed by atoms with Crippen LogP contribution in [0.25, 0.3) is 0 Å². The monoisotopic (exact) mass is 391 g/mol. The quantitative estimate of drug-likeness (QED) is 0.695. The van der Waals surface area contributed by atoms with Crippen LogP contribution in [0.2, 0.25) is 0 Å². The molecule has 1 unspecified atom stereocenters. The summed E-state index contributed by atoms with van der Waals surface area (Å²) in [6.07, 6.45) is 6.73. The summed E-state index contributed by atoms with van der Waals surface area (Å²) in [5, 5.41) is 3.15. The predicted molar refractivity (Wildman–Crippen MR) is 120 cm³/mol. The molecule has 1 amide bonds. The molecule has 2 aromatic rings. The minimum absolute atomic E-state index is 0.115. The number of hydrogen-bond donors (Lipinski definition) is 1. The zero-order valence-corrected chi connectivity index (χ0v) is 18.2. The lowest BCUT2D eigenvalue weighted by Gasteiger charge is -2.32. The summed E-state index contributed by atoms with van der Waals surface area (Å²) in [4.78, 5) is 19.8. The van der Waals surface area contributed by atoms with E-state index in [1.54, 1.807) is 0 Å². The van der Waals surface area contributed by atoms with Gasteiger partial charge in [-0.2, -0.15) is 0 Å². The number of carbonyl (C=O) groups is 1. The molecule has 1 saturated carbocycles. The molecule has 0 saturated heterocycles. The predicted octanol–water partition coefficient (Wildman–Crippen LogP) is 5.86. The zero-order valence-electron chi connectivity index (χ0n) is 18.2. The maximum atomic E-state index is 12.6. The van der Waals surface area contributed by atoms with Gasteiger partial charge in [0.2, 0.25) is 5.91 Å². The fraction of sp³-hybridized carbons (Fsp3) is 0.520. The van der Waals surface area contributed by atoms with Crippen molar-refractivity contribution in [3.8, 4) is 0 Å². The van der Waals surface area contributed by atoms with Crippen molar-refractivity contribution in [1.29, 1.82) is 0 Å². The number of pyridine rings is 1. The molecule has 1 atom stereocenters. The summed E-state index contributed by atoms with van der Waals surface area (Å²) >= 11 is 0. The Hall–Kier alpha value is -2.36. The molecule has 1 aromatic carbocycles. The Balaban J connectivity index is 1.53. The van der Waals surface area contributed by atoms with Gasteiger partial charge in [-0.25, -0.2) is 4.98 Å². The lowest BCUT2D eigenvalue weighted by molar-refractivity contribution is -0.117. The van der Waals surface area contributed by atoms with Gasteiger partial charge < -0.3 is 10.2 Å². The van der Waals surface area contributed by atoms with Gasteiger partial charge in [0.1, 0.15) is 5.82 Å². The highest BCUT2D eigenvalue weighted by Crippen LogP contribution is 2.36. The smallest absolute Gasteiger partial charge is 0.224 e. The Labute approximate surface area is 174 Å². The summed E-state index contributed by atoms with van der Waals surface area (Å²) in [7, 11) is 0. The van der Waals surface area contributed by atoms with Crippen LogP contribution in [0.3, 0.4) is 0 Å². The van der Waals surface area contributed by atoms with Crippen molar-refractivity contribution in [2.45, 2.75) is 66.2 Å². The molecule has 1 N–H and O–H groups in total. The number of anilines is 3. The van der Waals surface area contributed by atoms with Crippen LogP contribution in [0, 0.1) is 32.6 Å². The van der Waals surface area contributed by atoms with E-state index in [1.165, 1.54) is 36.1 Å². The summed E-state index contributed by atoms with van der Waals surface area (Å²) in [5.74, 6) is 2.28. The largest absolute Gasteiger partial charge is 0.326 e. The molecular weight excluding hydrogens is 358 g/mol. The number of aromatic nitrogens is 1. The van der Waals surface area contributed by atoms with Gasteiger partial charge >= 0.3 is 0 Å². The molecule has 1 aliphatic carbocycles. The lowest BCUT2D eigenvalue weighted by Crippen LogP contribution is -2.27. The third-order valence-electron chi connectivity index (χ3n) is 6.75. The number of nitrogens with one attached hydrogen (secondary N) is 1. The van der Waals surface area contributed by atoms with Crippen molar-refractivity contribution < 1.29 is 4.79 Å². The molecular formula is C25H33N3O. The van der Waals surface area contributed by atoms with E-state index >= 15 is 0 Å². The number of nitrogens with zero attached hydrogens (tertiary/aromatic N) is 2. The SMILES string of the molecule is Cc1ccc2c(c1)N(c1cc(C)c(NC(=O)CC(C)C3CCC3)c(C)n1)CCC2. The van der Waals surface area contributed by atoms with Crippen LogP contribution in [0.4, 0.5) is 17.2 Å². The van der Waals surface area contributed by atoms with Gasteiger partial charge in [-0.3, -0.25) is 4.79 Å². The van der Waals surface area contributed by atoms with Gasteiger partial charge in [0.25, 0.3) is 0 Å². The van der Waals surface area contributed by atoms with Crippen molar-refractivity contribution in [2.24, 2.45) is 11.8 Å². The van der Waals surface area contributed by atoms with Crippen LogP contribution < -0.4 is 10.2 Å². The molecule has 2 aliphatic rings. The van der Waals surface area contributed by atoms with Gasteiger partial charge in [0.05, 0.1) is 11.4 Å². The van der Waals surface area contributed by atoms with E-state index in [0.717, 1.165) is 48.1 Å². The number of fused-ring (bicyclic) bond motifs is 1. The van der Waals surface area contributed by atoms with E-state index in [9.17, 15) is 4.79 Å². The molecule has 29 heavy (non-hydrogen) atoms. The summed E-state index contributed by atoms with van der Waals surface area (Å²) in [5.41, 5.74) is 6.78. The van der Waals surface area contributed by atoms with Gasteiger partial charge in [-0.05, 0) is 74.3 Å². The van der Waals surface area contributed by atoms with Crippen molar-refractivity contribution in [3.05, 3.63) is 46.6 Å². The highest BCUT2D eigenvalue weighted by atomic mass is 16.1. The fourth-order valence-electron chi connectivity index (χ4n) is 4.72. The minimum Gasteiger partial charge on any atom is -0.326 e. The highest BCUT2D eigenvalue weighted by Gasteiger charge is 2.26. The zero-order chi connectivity index (χ0) is 20.5. The van der Waals surface area contributed by atoms with E-state index in [4.69, 9.17) is 4.98 Å². The molecule has 4 heteroatoms. The Kier molecular flexibility index (Phi) is 5.62. The Morgan fingerprint density at radius 2 is 2.00 bits per heavy atom. The van der Waals surface area contributed by atoms with E-state index in [2.05, 4.69) is 55.3 Å². The first-order valence-electron chi connectivity index (χ1n) is 11.1. The number of benzene rings is 1. The first-order chi connectivity index (χ1) is 13.9. The average Bonchev–Trinajstić information content (AvgIpc) is 2.62. The molecule has 1 aliphatic heterocycles. The van der Waals surface area contributed by atoms with Crippen LogP contribution >= 0.6 is 0 Å². The standard InChI is InChI=1S/C25H33N3O/c1-16-10-11-21-9-6-12-28(22(21)13-16)23-14-18(3)25(19(4)26-23)27-24(29)15-17(2)20-7-5-8-20/h10-11,13-14,17,20H,5-9,12,15H2,1-4H3,(H,27,29). The van der Waals surface area contributed by atoms with Gasteiger partial charge in [0, 0.05) is 18.7 Å². The highest BCUT2D eigenvalue weighted by molar-refractivity contribution is 5.92. The van der Waals surface area contributed by atoms with Crippen molar-refractivity contribution in [3.63, 3.8) is 0 Å². The van der Waals surface area contributed by atoms with E-state index < -0.39 is 0 Å². The average molecular weight is 392 g/mol. The number of hydrogen-bond acceptors (Lipinski definition) is 3. The van der Waals surface area contributed by atoms with Crippen LogP contribution in [-0.2, 0) is 11.2 Å². The number of aryl methyl sites for hydroxylation is 4. The van der Waals surface area contributed by atoms with Crippen LogP contribution in [-0.4, -0.2) is 17.4 Å². The number of carbonyl (C=O) groups excluding carboxylic acids is 1. The second-order valence-corrected chi connectivity index (χ2v) is 9.07. The van der Waals surface area contributed by atoms with Gasteiger partial charge in [-0.15, -0.1) is 0 Å². The third kappa shape index (κ3) is 4.17. The van der Waals surface area contributed by atoms with Crippen LogP contribution in [0.15, 0.2) is 24.3 Å². The fourth-order valence-corrected chi connectivity index (χ4v) is 4.72. The second kappa shape index (κ2) is 8.17. The molecule has 1 aromatic heterocycles. The number of amides is 1. The molecule has 2 heterocycles. The molecule has 0 radical (unpaired) electrons. The molecule has 4 nitrogen and oxygen atoms in total. The van der Waals surface area contributed by atoms with Crippen molar-refractivity contribution in [1.82, 2.24) is 4.98 Å². The summed E-state index contributed by atoms with van der Waals surface area (Å²) in [6, 6.07) is 8.82. The topological polar surface area (TPSA) is 45.2 Å². The second-order valence-electron chi connectivity index (χ2n) is 9.07. The first-order valence-corrected chi connectivity index (χ1v) is 11.1. The number of rotatable bonds is 5. The summed E-state index contributed by atoms with van der Waals surface area (Å²) in [6.45, 7) is 9.40. The van der Waals surface area contributed by atoms with E-state index in [1.807, 2.05) is 6.92 Å². The molecule has 4 rings (SSSR count). The first kappa shape index (κ1) is 19.9. The van der Waals surface area contributed by atoms with E-state index in [0.29, 0.717) is 12.3 Å². The lowest BCUT2D eigenvalue weighted by atomic mass is 9.75. The maximum absolute atomic E-state index is 12.6. The molecule has 0 spiro atoms. The Bertz CT molecular complexity index is 893. The normalized spacial score (nSPS) is 17.4. The van der Waals surface area contributed by atoms with Crippen LogP contribution in [0.5, 0.6) is 0 Å². The molecule has 154 valence electrons. The van der Waals surface area contributed by atoms with Crippen molar-refractivity contribution in [2.75, 3.05) is 16.8 Å². The van der Waals surface area contributed by atoms with E-state index in [-0.39, 0.29) is 5.91 Å². The van der Waals surface area contributed by atoms with Crippen LogP contribution in [0.1, 0.15) is 61.4 Å². The van der Waals surface area contributed by atoms with Gasteiger partial charge in [0.15, 0.2) is 0 Å². The molecule has 1 fully saturated rings. The summed E-state index contributed by atoms with van der Waals surface area (Å²) < 4.78 is 0. The minimum atomic E-state index is 0.115. The van der Waals surface area contributed by atoms with Crippen molar-refractivity contribution >= 4 is 23.1 Å². The third-order valence-corrected chi connectivity index (χ3v) is 6.75. The molecule has 0 bridgehead atoms. The Morgan fingerprint density at radius 3 is 2.69 bits per heavy atom. The van der Waals surface area contributed by atoms with Gasteiger partial charge in [-0.1, -0.05) is 38.3 Å². The Morgan fingerprint density at radius 1 is 1.21 bits per heavy atom.